The molecule has 1 N–H and O–H groups in total. The summed E-state index contributed by atoms with van der Waals surface area (Å²) in [6.07, 6.45) is 6.55. The number of rotatable bonds is 6. The summed E-state index contributed by atoms with van der Waals surface area (Å²) < 4.78 is 60.6. The molecule has 1 aliphatic rings. The third-order valence-corrected chi connectivity index (χ3v) is 8.21. The Balaban J connectivity index is 1.52. The van der Waals surface area contributed by atoms with Crippen LogP contribution in [0.2, 0.25) is 0 Å². The molecule has 35 heavy (non-hydrogen) atoms. The summed E-state index contributed by atoms with van der Waals surface area (Å²) >= 11 is 1.43. The van der Waals surface area contributed by atoms with E-state index in [-0.39, 0.29) is 11.6 Å². The van der Waals surface area contributed by atoms with Crippen molar-refractivity contribution in [2.75, 3.05) is 29.8 Å². The van der Waals surface area contributed by atoms with Crippen LogP contribution >= 0.6 is 11.3 Å². The Bertz CT molecular complexity index is 1500. The van der Waals surface area contributed by atoms with Gasteiger partial charge in [-0.3, -0.25) is 4.72 Å². The summed E-state index contributed by atoms with van der Waals surface area (Å²) in [5.74, 6) is -1.19. The summed E-state index contributed by atoms with van der Waals surface area (Å²) in [4.78, 5) is 16.3. The molecule has 0 radical (unpaired) electrons. The lowest BCUT2D eigenvalue weighted by Gasteiger charge is -2.27. The van der Waals surface area contributed by atoms with Crippen LogP contribution < -0.4 is 14.4 Å². The number of methoxy groups -OCH3 is 1. The maximum Gasteiger partial charge on any atom is 0.264 e. The third kappa shape index (κ3) is 4.63. The highest BCUT2D eigenvalue weighted by molar-refractivity contribution is 7.92. The van der Waals surface area contributed by atoms with E-state index in [1.807, 2.05) is 6.07 Å². The Morgan fingerprint density at radius 2 is 1.86 bits per heavy atom. The first kappa shape index (κ1) is 23.4. The lowest BCUT2D eigenvalue weighted by atomic mass is 10.1. The second kappa shape index (κ2) is 9.34. The van der Waals surface area contributed by atoms with Gasteiger partial charge in [0, 0.05) is 35.8 Å². The van der Waals surface area contributed by atoms with E-state index in [2.05, 4.69) is 24.6 Å². The van der Waals surface area contributed by atoms with E-state index in [0.29, 0.717) is 11.6 Å². The summed E-state index contributed by atoms with van der Waals surface area (Å²) in [7, 11) is -3.03. The highest BCUT2D eigenvalue weighted by Gasteiger charge is 2.23. The van der Waals surface area contributed by atoms with Crippen LogP contribution in [0.15, 0.2) is 47.8 Å². The molecule has 3 aromatic heterocycles. The zero-order valence-corrected chi connectivity index (χ0v) is 20.3. The second-order valence-corrected chi connectivity index (χ2v) is 10.7. The van der Waals surface area contributed by atoms with Gasteiger partial charge in [0.25, 0.3) is 10.0 Å². The number of nitrogens with one attached hydrogen (secondary N) is 1. The van der Waals surface area contributed by atoms with Crippen LogP contribution in [0.5, 0.6) is 5.88 Å². The highest BCUT2D eigenvalue weighted by atomic mass is 32.2. The molecule has 0 spiro atoms. The molecule has 0 atom stereocenters. The fraction of sp³-hybridized carbons (Fsp3) is 0.261. The maximum absolute atomic E-state index is 14.2. The molecular formula is C23H21F2N5O3S2. The molecule has 0 aliphatic carbocycles. The minimum Gasteiger partial charge on any atom is -0.480 e. The molecule has 182 valence electrons. The highest BCUT2D eigenvalue weighted by Crippen LogP contribution is 2.38. The summed E-state index contributed by atoms with van der Waals surface area (Å²) in [6.45, 7) is 1.88. The normalized spacial score (nSPS) is 14.3. The smallest absolute Gasteiger partial charge is 0.264 e. The molecule has 1 fully saturated rings. The van der Waals surface area contributed by atoms with Gasteiger partial charge in [0.05, 0.1) is 12.5 Å². The average molecular weight is 518 g/mol. The van der Waals surface area contributed by atoms with Gasteiger partial charge in [0.15, 0.2) is 0 Å². The Morgan fingerprint density at radius 1 is 1.06 bits per heavy atom. The first-order valence-electron chi connectivity index (χ1n) is 10.9. The van der Waals surface area contributed by atoms with Gasteiger partial charge in [-0.05, 0) is 43.5 Å². The Kier molecular flexibility index (Phi) is 6.24. The number of halogens is 2. The van der Waals surface area contributed by atoms with E-state index in [9.17, 15) is 17.2 Å². The number of sulfonamides is 1. The molecule has 12 heteroatoms. The van der Waals surface area contributed by atoms with Crippen LogP contribution in [-0.2, 0) is 10.0 Å². The van der Waals surface area contributed by atoms with Crippen LogP contribution in [0.4, 0.5) is 20.3 Å². The van der Waals surface area contributed by atoms with Crippen LogP contribution in [0.3, 0.4) is 0 Å². The molecule has 1 aliphatic heterocycles. The average Bonchev–Trinajstić information content (AvgIpc) is 3.28. The fourth-order valence-electron chi connectivity index (χ4n) is 4.06. The zero-order valence-electron chi connectivity index (χ0n) is 18.7. The lowest BCUT2D eigenvalue weighted by Crippen LogP contribution is -2.30. The van der Waals surface area contributed by atoms with Crippen molar-refractivity contribution in [3.8, 4) is 16.3 Å². The Morgan fingerprint density at radius 3 is 2.60 bits per heavy atom. The largest absolute Gasteiger partial charge is 0.480 e. The minimum atomic E-state index is -4.38. The molecule has 0 saturated carbocycles. The van der Waals surface area contributed by atoms with Gasteiger partial charge in [0.2, 0.25) is 5.88 Å². The molecule has 0 bridgehead atoms. The molecular weight excluding hydrogens is 496 g/mol. The van der Waals surface area contributed by atoms with Crippen LogP contribution in [0, 0.1) is 11.6 Å². The van der Waals surface area contributed by atoms with E-state index in [1.165, 1.54) is 24.9 Å². The van der Waals surface area contributed by atoms with Crippen LogP contribution in [0.25, 0.3) is 20.7 Å². The van der Waals surface area contributed by atoms with E-state index in [0.717, 1.165) is 59.0 Å². The van der Waals surface area contributed by atoms with Crippen molar-refractivity contribution >= 4 is 43.1 Å². The fourth-order valence-corrected chi connectivity index (χ4v) is 6.14. The quantitative estimate of drug-likeness (QED) is 0.391. The monoisotopic (exact) mass is 517 g/mol. The molecule has 1 aromatic carbocycles. The predicted octanol–water partition coefficient (Wildman–Crippen LogP) is 4.83. The zero-order chi connectivity index (χ0) is 24.6. The number of hydrogen-bond donors (Lipinski definition) is 1. The standard InChI is InChI=1S/C23H21F2N5O3S2/c1-33-22-18(29-35(31,32)20-6-5-15(24)10-17(20)25)9-14(12-26-22)19-11-16-21(27-13-28-23(16)34-19)30-7-3-2-4-8-30/h5-6,9-13,29H,2-4,7-8H2,1H3. The third-order valence-electron chi connectivity index (χ3n) is 5.72. The van der Waals surface area contributed by atoms with Crippen molar-refractivity contribution in [3.05, 3.63) is 54.5 Å². The number of fused-ring (bicyclic) bond motifs is 1. The number of hydrogen-bond acceptors (Lipinski definition) is 8. The molecule has 0 amide bonds. The van der Waals surface area contributed by atoms with Crippen molar-refractivity contribution in [2.45, 2.75) is 24.2 Å². The SMILES string of the molecule is COc1ncc(-c2cc3c(N4CCCCC4)ncnc3s2)cc1NS(=O)(=O)c1ccc(F)cc1F. The van der Waals surface area contributed by atoms with E-state index in [4.69, 9.17) is 4.74 Å². The molecule has 4 heterocycles. The van der Waals surface area contributed by atoms with Crippen molar-refractivity contribution in [1.29, 1.82) is 0 Å². The number of nitrogens with zero attached hydrogens (tertiary/aromatic N) is 4. The van der Waals surface area contributed by atoms with Gasteiger partial charge in [-0.1, -0.05) is 0 Å². The summed E-state index contributed by atoms with van der Waals surface area (Å²) in [5.41, 5.74) is 0.643. The van der Waals surface area contributed by atoms with Gasteiger partial charge in [-0.25, -0.2) is 32.2 Å². The number of pyridine rings is 1. The number of benzene rings is 1. The van der Waals surface area contributed by atoms with Crippen LogP contribution in [-0.4, -0.2) is 43.6 Å². The number of thiophene rings is 1. The summed E-state index contributed by atoms with van der Waals surface area (Å²) in [5, 5.41) is 0.917. The Hall–Kier alpha value is -3.38. The lowest BCUT2D eigenvalue weighted by molar-refractivity contribution is 0.400. The van der Waals surface area contributed by atoms with Crippen molar-refractivity contribution in [2.24, 2.45) is 0 Å². The van der Waals surface area contributed by atoms with Crippen molar-refractivity contribution < 1.29 is 21.9 Å². The summed E-state index contributed by atoms with van der Waals surface area (Å²) in [6, 6.07) is 5.78. The van der Waals surface area contributed by atoms with Crippen molar-refractivity contribution in [3.63, 3.8) is 0 Å². The topological polar surface area (TPSA) is 97.3 Å². The van der Waals surface area contributed by atoms with Gasteiger partial charge in [-0.2, -0.15) is 0 Å². The first-order chi connectivity index (χ1) is 16.9. The molecule has 0 unspecified atom stereocenters. The van der Waals surface area contributed by atoms with Gasteiger partial charge in [0.1, 0.15) is 39.2 Å². The number of aromatic nitrogens is 3. The van der Waals surface area contributed by atoms with E-state index < -0.39 is 26.6 Å². The van der Waals surface area contributed by atoms with E-state index >= 15 is 0 Å². The van der Waals surface area contributed by atoms with Gasteiger partial charge in [-0.15, -0.1) is 11.3 Å². The first-order valence-corrected chi connectivity index (χ1v) is 13.2. The molecule has 8 nitrogen and oxygen atoms in total. The van der Waals surface area contributed by atoms with Gasteiger partial charge >= 0.3 is 0 Å². The van der Waals surface area contributed by atoms with E-state index in [1.54, 1.807) is 18.6 Å². The Labute approximate surface area is 204 Å². The maximum atomic E-state index is 14.2. The molecule has 1 saturated heterocycles. The second-order valence-electron chi connectivity index (χ2n) is 8.04. The van der Waals surface area contributed by atoms with Crippen LogP contribution in [0.1, 0.15) is 19.3 Å². The number of piperidine rings is 1. The number of ether oxygens (including phenoxy) is 1. The molecule has 4 aromatic rings. The number of anilines is 2. The van der Waals surface area contributed by atoms with Gasteiger partial charge < -0.3 is 9.64 Å². The minimum absolute atomic E-state index is 0.00903. The molecule has 5 rings (SSSR count). The van der Waals surface area contributed by atoms with Crippen molar-refractivity contribution in [1.82, 2.24) is 15.0 Å². The predicted molar refractivity (Wildman–Crippen MR) is 130 cm³/mol.